The number of hydrogen-bond acceptors (Lipinski definition) is 5. The van der Waals surface area contributed by atoms with Crippen LogP contribution in [0.4, 0.5) is 10.3 Å². The highest BCUT2D eigenvalue weighted by atomic mass is 19.1. The van der Waals surface area contributed by atoms with Crippen LogP contribution in [0.5, 0.6) is 5.75 Å². The van der Waals surface area contributed by atoms with Gasteiger partial charge in [-0.25, -0.2) is 14.4 Å². The van der Waals surface area contributed by atoms with Gasteiger partial charge in [0.2, 0.25) is 5.95 Å². The van der Waals surface area contributed by atoms with Crippen LogP contribution in [0.1, 0.15) is 40.9 Å². The number of fused-ring (bicyclic) bond motifs is 1. The number of nitrogens with one attached hydrogen (secondary N) is 1. The van der Waals surface area contributed by atoms with Crippen molar-refractivity contribution in [3.63, 3.8) is 0 Å². The fraction of sp³-hybridized carbons (Fsp3) is 0.333. The lowest BCUT2D eigenvalue weighted by Gasteiger charge is -2.14. The van der Waals surface area contributed by atoms with E-state index in [1.165, 1.54) is 4.57 Å². The van der Waals surface area contributed by atoms with Gasteiger partial charge >= 0.3 is 0 Å². The lowest BCUT2D eigenvalue weighted by molar-refractivity contribution is 0.102. The molecule has 1 amide bonds. The van der Waals surface area contributed by atoms with Crippen LogP contribution in [0.15, 0.2) is 17.2 Å². The number of amides is 1. The maximum Gasteiger partial charge on any atom is 0.267 e. The predicted molar refractivity (Wildman–Crippen MR) is 80.0 cm³/mol. The van der Waals surface area contributed by atoms with Gasteiger partial charge in [0.25, 0.3) is 11.5 Å². The number of pyridine rings is 1. The van der Waals surface area contributed by atoms with Crippen molar-refractivity contribution in [2.24, 2.45) is 7.05 Å². The van der Waals surface area contributed by atoms with Crippen molar-refractivity contribution in [1.82, 2.24) is 14.5 Å². The molecule has 0 radical (unpaired) electrons. The summed E-state index contributed by atoms with van der Waals surface area (Å²) in [6, 6.07) is 0. The van der Waals surface area contributed by atoms with Crippen LogP contribution < -0.4 is 10.9 Å². The van der Waals surface area contributed by atoms with E-state index in [9.17, 15) is 19.1 Å². The zero-order valence-electron chi connectivity index (χ0n) is 12.6. The van der Waals surface area contributed by atoms with Crippen LogP contribution >= 0.6 is 0 Å². The van der Waals surface area contributed by atoms with Crippen LogP contribution in [0.25, 0.3) is 0 Å². The maximum absolute atomic E-state index is 12.8. The Morgan fingerprint density at radius 3 is 2.74 bits per heavy atom. The summed E-state index contributed by atoms with van der Waals surface area (Å²) in [7, 11) is 1.57. The molecule has 1 aliphatic rings. The standard InChI is InChI=1S/C15H15FN4O3/c1-7-3-4-9-10(7)12(21)11(14(23)20(9)2)13(22)19-15-17-5-8(16)6-18-15/h5-7,21H,3-4H2,1-2H3,(H,17,18,19,22)/t7-/m1/s1. The Kier molecular flexibility index (Phi) is 3.59. The topological polar surface area (TPSA) is 97.1 Å². The summed E-state index contributed by atoms with van der Waals surface area (Å²) in [6.07, 6.45) is 3.28. The van der Waals surface area contributed by atoms with E-state index in [-0.39, 0.29) is 23.2 Å². The average Bonchev–Trinajstić information content (AvgIpc) is 2.90. The van der Waals surface area contributed by atoms with Gasteiger partial charge in [-0.15, -0.1) is 0 Å². The molecule has 2 aromatic heterocycles. The summed E-state index contributed by atoms with van der Waals surface area (Å²) >= 11 is 0. The van der Waals surface area contributed by atoms with E-state index in [2.05, 4.69) is 15.3 Å². The zero-order valence-corrected chi connectivity index (χ0v) is 12.6. The van der Waals surface area contributed by atoms with Gasteiger partial charge < -0.3 is 9.67 Å². The van der Waals surface area contributed by atoms with Crippen molar-refractivity contribution in [1.29, 1.82) is 0 Å². The molecular weight excluding hydrogens is 303 g/mol. The van der Waals surface area contributed by atoms with Crippen LogP contribution in [0.3, 0.4) is 0 Å². The minimum atomic E-state index is -0.823. The Morgan fingerprint density at radius 2 is 2.09 bits per heavy atom. The number of hydrogen-bond donors (Lipinski definition) is 2. The average molecular weight is 318 g/mol. The molecule has 2 heterocycles. The van der Waals surface area contributed by atoms with Crippen molar-refractivity contribution in [2.45, 2.75) is 25.7 Å². The van der Waals surface area contributed by atoms with Gasteiger partial charge in [-0.05, 0) is 18.8 Å². The second-order valence-corrected chi connectivity index (χ2v) is 5.57. The normalized spacial score (nSPS) is 16.2. The molecule has 0 bridgehead atoms. The summed E-state index contributed by atoms with van der Waals surface area (Å²) in [5.74, 6) is -1.85. The number of anilines is 1. The van der Waals surface area contributed by atoms with Crippen molar-refractivity contribution in [3.05, 3.63) is 45.4 Å². The molecule has 0 aromatic carbocycles. The largest absolute Gasteiger partial charge is 0.507 e. The fourth-order valence-electron chi connectivity index (χ4n) is 2.91. The SMILES string of the molecule is C[C@@H]1CCc2c1c(O)c(C(=O)Nc1ncc(F)cn1)c(=O)n2C. The summed E-state index contributed by atoms with van der Waals surface area (Å²) in [5.41, 5.74) is 0.426. The molecule has 0 unspecified atom stereocenters. The highest BCUT2D eigenvalue weighted by Gasteiger charge is 2.31. The lowest BCUT2D eigenvalue weighted by atomic mass is 10.0. The van der Waals surface area contributed by atoms with Gasteiger partial charge in [0.05, 0.1) is 12.4 Å². The van der Waals surface area contributed by atoms with Crippen molar-refractivity contribution in [2.75, 3.05) is 5.32 Å². The van der Waals surface area contributed by atoms with E-state index in [4.69, 9.17) is 0 Å². The van der Waals surface area contributed by atoms with Gasteiger partial charge in [-0.3, -0.25) is 14.9 Å². The number of aromatic nitrogens is 3. The molecule has 2 aromatic rings. The van der Waals surface area contributed by atoms with Crippen LogP contribution in [-0.2, 0) is 13.5 Å². The molecule has 0 saturated carbocycles. The highest BCUT2D eigenvalue weighted by Crippen LogP contribution is 2.38. The highest BCUT2D eigenvalue weighted by molar-refractivity contribution is 6.05. The number of nitrogens with zero attached hydrogens (tertiary/aromatic N) is 3. The molecule has 23 heavy (non-hydrogen) atoms. The molecule has 120 valence electrons. The number of carbonyl (C=O) groups is 1. The summed E-state index contributed by atoms with van der Waals surface area (Å²) in [5, 5.41) is 12.7. The first kappa shape index (κ1) is 15.1. The van der Waals surface area contributed by atoms with Crippen LogP contribution in [0, 0.1) is 5.82 Å². The van der Waals surface area contributed by atoms with E-state index in [0.717, 1.165) is 24.5 Å². The van der Waals surface area contributed by atoms with Crippen molar-refractivity contribution in [3.8, 4) is 5.75 Å². The number of aromatic hydroxyl groups is 1. The van der Waals surface area contributed by atoms with Gasteiger partial charge in [0.15, 0.2) is 5.82 Å². The first-order valence-corrected chi connectivity index (χ1v) is 7.13. The number of halogens is 1. The molecule has 1 atom stereocenters. The zero-order chi connectivity index (χ0) is 16.7. The van der Waals surface area contributed by atoms with Crippen LogP contribution in [-0.4, -0.2) is 25.5 Å². The second-order valence-electron chi connectivity index (χ2n) is 5.57. The number of rotatable bonds is 2. The summed E-state index contributed by atoms with van der Waals surface area (Å²) in [6.45, 7) is 1.93. The van der Waals surface area contributed by atoms with Gasteiger partial charge in [-0.1, -0.05) is 6.92 Å². The van der Waals surface area contributed by atoms with E-state index < -0.39 is 17.3 Å². The molecule has 3 rings (SSSR count). The number of carbonyl (C=O) groups excluding carboxylic acids is 1. The van der Waals surface area contributed by atoms with Crippen molar-refractivity contribution < 1.29 is 14.3 Å². The third kappa shape index (κ3) is 2.45. The fourth-order valence-corrected chi connectivity index (χ4v) is 2.91. The van der Waals surface area contributed by atoms with Gasteiger partial charge in [0, 0.05) is 18.3 Å². The first-order chi connectivity index (χ1) is 10.9. The Labute approximate surface area is 130 Å². The smallest absolute Gasteiger partial charge is 0.267 e. The van der Waals surface area contributed by atoms with E-state index >= 15 is 0 Å². The third-order valence-corrected chi connectivity index (χ3v) is 4.11. The third-order valence-electron chi connectivity index (χ3n) is 4.11. The minimum absolute atomic E-state index is 0.0606. The molecule has 0 saturated heterocycles. The molecule has 8 heteroatoms. The Balaban J connectivity index is 2.04. The lowest BCUT2D eigenvalue weighted by Crippen LogP contribution is -2.30. The molecule has 7 nitrogen and oxygen atoms in total. The first-order valence-electron chi connectivity index (χ1n) is 7.13. The Hall–Kier alpha value is -2.77. The molecule has 0 spiro atoms. The predicted octanol–water partition coefficient (Wildman–Crippen LogP) is 1.32. The molecule has 2 N–H and O–H groups in total. The Morgan fingerprint density at radius 1 is 1.43 bits per heavy atom. The minimum Gasteiger partial charge on any atom is -0.507 e. The molecule has 0 aliphatic heterocycles. The van der Waals surface area contributed by atoms with Crippen LogP contribution in [0.2, 0.25) is 0 Å². The Bertz CT molecular complexity index is 845. The van der Waals surface area contributed by atoms with Gasteiger partial charge in [-0.2, -0.15) is 0 Å². The summed E-state index contributed by atoms with van der Waals surface area (Å²) in [4.78, 5) is 31.9. The molecule has 1 aliphatic carbocycles. The molecule has 0 fully saturated rings. The maximum atomic E-state index is 12.8. The summed E-state index contributed by atoms with van der Waals surface area (Å²) < 4.78 is 14.2. The van der Waals surface area contributed by atoms with E-state index in [1.807, 2.05) is 6.92 Å². The van der Waals surface area contributed by atoms with E-state index in [1.54, 1.807) is 7.05 Å². The van der Waals surface area contributed by atoms with E-state index in [0.29, 0.717) is 12.0 Å². The van der Waals surface area contributed by atoms with Crippen molar-refractivity contribution >= 4 is 11.9 Å². The second kappa shape index (κ2) is 5.45. The molecular formula is C15H15FN4O3. The quantitative estimate of drug-likeness (QED) is 0.870. The van der Waals surface area contributed by atoms with Gasteiger partial charge in [0.1, 0.15) is 11.3 Å². The monoisotopic (exact) mass is 318 g/mol.